The lowest BCUT2D eigenvalue weighted by Gasteiger charge is -2.21. The predicted molar refractivity (Wildman–Crippen MR) is 164 cm³/mol. The number of pyridine rings is 2. The Hall–Kier alpha value is -2.44. The molecule has 0 saturated heterocycles. The fourth-order valence-electron chi connectivity index (χ4n) is 5.46. The van der Waals surface area contributed by atoms with Crippen LogP contribution in [0.1, 0.15) is 87.7 Å². The molecule has 2 heterocycles. The number of unbranched alkanes of at least 4 members (excludes halogenated alkanes) is 6. The smallest absolute Gasteiger partial charge is 0.194 e. The number of rotatable bonds is 12. The summed E-state index contributed by atoms with van der Waals surface area (Å²) in [5.41, 5.74) is 5.33. The Morgan fingerprint density at radius 3 is 2.00 bits per heavy atom. The molecule has 0 unspecified atom stereocenters. The van der Waals surface area contributed by atoms with Crippen LogP contribution in [0.2, 0.25) is 0 Å². The number of H-pyrrole nitrogens is 2. The van der Waals surface area contributed by atoms with Gasteiger partial charge in [0.25, 0.3) is 0 Å². The summed E-state index contributed by atoms with van der Waals surface area (Å²) in [4.78, 5) is 36.8. The maximum Gasteiger partial charge on any atom is 0.194 e. The lowest BCUT2D eigenvalue weighted by atomic mass is 9.90. The Labute approximate surface area is 233 Å². The minimum atomic E-state index is 0.0881. The number of para-hydroxylation sites is 1. The van der Waals surface area contributed by atoms with Crippen LogP contribution < -0.4 is 10.9 Å². The molecule has 38 heavy (non-hydrogen) atoms. The molecule has 2 aromatic carbocycles. The zero-order valence-electron chi connectivity index (χ0n) is 22.6. The number of benzene rings is 2. The van der Waals surface area contributed by atoms with Crippen molar-refractivity contribution in [3.63, 3.8) is 0 Å². The van der Waals surface area contributed by atoms with Crippen LogP contribution in [-0.4, -0.2) is 21.5 Å². The normalized spacial score (nSPS) is 12.7. The SMILES string of the molecule is CCCCCCSc1cccc2c(=O)c3c([nH]c12)Cc1c([nH]c2cccc(SCCCCCC)c2c1=O)C3. The predicted octanol–water partition coefficient (Wildman–Crippen LogP) is 8.21. The number of thioether (sulfide) groups is 2. The number of hydrogen-bond acceptors (Lipinski definition) is 4. The van der Waals surface area contributed by atoms with Crippen LogP contribution in [0.5, 0.6) is 0 Å². The Morgan fingerprint density at radius 1 is 0.684 bits per heavy atom. The summed E-state index contributed by atoms with van der Waals surface area (Å²) in [6, 6.07) is 12.1. The van der Waals surface area contributed by atoms with Gasteiger partial charge >= 0.3 is 0 Å². The molecule has 4 aromatic rings. The third-order valence-electron chi connectivity index (χ3n) is 7.58. The fourth-order valence-corrected chi connectivity index (χ4v) is 7.60. The van der Waals surface area contributed by atoms with Crippen LogP contribution in [0, 0.1) is 0 Å². The maximum absolute atomic E-state index is 13.9. The van der Waals surface area contributed by atoms with Crippen molar-refractivity contribution in [3.8, 4) is 0 Å². The van der Waals surface area contributed by atoms with Crippen LogP contribution in [0.4, 0.5) is 0 Å². The molecular weight excluding hydrogens is 508 g/mol. The van der Waals surface area contributed by atoms with E-state index in [1.807, 2.05) is 36.0 Å². The van der Waals surface area contributed by atoms with Gasteiger partial charge in [-0.2, -0.15) is 0 Å². The molecule has 5 rings (SSSR count). The van der Waals surface area contributed by atoms with Gasteiger partial charge in [-0.05, 0) is 48.6 Å². The minimum absolute atomic E-state index is 0.0881. The van der Waals surface area contributed by atoms with E-state index in [1.165, 1.54) is 51.4 Å². The standard InChI is InChI=1S/C32H38N2O2S2/c1-3-5-7-9-17-37-27-15-12-14-24-29(27)32(36)23-20-26-22(19-25(23)33-24)31(35)21-13-11-16-28(30(21)34-26)38-18-10-8-6-4-2/h11-16H,3-10,17-20H2,1-2H3,(H,33,36)(H,34,35). The first-order valence-electron chi connectivity index (χ1n) is 14.2. The number of nitrogens with one attached hydrogen (secondary N) is 2. The van der Waals surface area contributed by atoms with Crippen LogP contribution in [-0.2, 0) is 12.8 Å². The van der Waals surface area contributed by atoms with Crippen LogP contribution in [0.15, 0.2) is 55.8 Å². The molecule has 6 heteroatoms. The monoisotopic (exact) mass is 546 g/mol. The maximum atomic E-state index is 13.9. The highest BCUT2D eigenvalue weighted by molar-refractivity contribution is 7.99. The molecule has 2 aromatic heterocycles. The molecule has 0 aliphatic heterocycles. The molecule has 0 atom stereocenters. The lowest BCUT2D eigenvalue weighted by molar-refractivity contribution is 0.706. The number of fused-ring (bicyclic) bond motifs is 4. The van der Waals surface area contributed by atoms with Crippen LogP contribution in [0.3, 0.4) is 0 Å². The van der Waals surface area contributed by atoms with Gasteiger partial charge in [-0.15, -0.1) is 23.5 Å². The Balaban J connectivity index is 1.47. The van der Waals surface area contributed by atoms with E-state index in [0.717, 1.165) is 65.6 Å². The van der Waals surface area contributed by atoms with E-state index >= 15 is 0 Å². The molecule has 0 radical (unpaired) electrons. The number of hydrogen-bond donors (Lipinski definition) is 2. The average molecular weight is 547 g/mol. The summed E-state index contributed by atoms with van der Waals surface area (Å²) in [5.74, 6) is 2.07. The van der Waals surface area contributed by atoms with Crippen LogP contribution >= 0.6 is 23.5 Å². The van der Waals surface area contributed by atoms with Gasteiger partial charge in [0.05, 0.1) is 16.4 Å². The first-order valence-corrected chi connectivity index (χ1v) is 16.2. The Kier molecular flexibility index (Phi) is 9.01. The summed E-state index contributed by atoms with van der Waals surface area (Å²) in [5, 5.41) is 1.54. The molecule has 4 nitrogen and oxygen atoms in total. The van der Waals surface area contributed by atoms with Crippen molar-refractivity contribution in [2.75, 3.05) is 11.5 Å². The van der Waals surface area contributed by atoms with E-state index in [0.29, 0.717) is 12.8 Å². The number of aromatic nitrogens is 2. The van der Waals surface area contributed by atoms with E-state index in [2.05, 4.69) is 35.9 Å². The summed E-state index contributed by atoms with van der Waals surface area (Å²) in [6.07, 6.45) is 10.7. The Bertz CT molecular complexity index is 1550. The van der Waals surface area contributed by atoms with Crippen molar-refractivity contribution in [2.45, 2.75) is 87.8 Å². The van der Waals surface area contributed by atoms with E-state index in [9.17, 15) is 9.59 Å². The van der Waals surface area contributed by atoms with Gasteiger partial charge < -0.3 is 9.97 Å². The van der Waals surface area contributed by atoms with Gasteiger partial charge in [0.2, 0.25) is 0 Å². The van der Waals surface area contributed by atoms with Gasteiger partial charge in [0.1, 0.15) is 0 Å². The first kappa shape index (κ1) is 27.1. The fraction of sp³-hybridized carbons (Fsp3) is 0.438. The molecule has 1 aliphatic rings. The van der Waals surface area contributed by atoms with Crippen molar-refractivity contribution < 1.29 is 0 Å². The molecule has 2 N–H and O–H groups in total. The van der Waals surface area contributed by atoms with Gasteiger partial charge in [-0.25, -0.2) is 0 Å². The second-order valence-corrected chi connectivity index (χ2v) is 12.6. The molecule has 0 spiro atoms. The highest BCUT2D eigenvalue weighted by Crippen LogP contribution is 2.32. The van der Waals surface area contributed by atoms with E-state index in [-0.39, 0.29) is 10.9 Å². The summed E-state index contributed by atoms with van der Waals surface area (Å²) in [7, 11) is 0. The first-order chi connectivity index (χ1) is 18.6. The van der Waals surface area contributed by atoms with E-state index in [1.54, 1.807) is 11.8 Å². The third kappa shape index (κ3) is 5.62. The quantitative estimate of drug-likeness (QED) is 0.122. The molecular formula is C32H38N2O2S2. The van der Waals surface area contributed by atoms with E-state index in [4.69, 9.17) is 0 Å². The lowest BCUT2D eigenvalue weighted by Crippen LogP contribution is -2.26. The second-order valence-electron chi connectivity index (χ2n) is 10.4. The Morgan fingerprint density at radius 2 is 1.29 bits per heavy atom. The van der Waals surface area contributed by atoms with Gasteiger partial charge in [-0.3, -0.25) is 9.59 Å². The molecule has 1 aliphatic carbocycles. The topological polar surface area (TPSA) is 65.7 Å². The van der Waals surface area contributed by atoms with Gasteiger partial charge in [-0.1, -0.05) is 64.5 Å². The molecule has 0 saturated carbocycles. The van der Waals surface area contributed by atoms with Crippen molar-refractivity contribution in [1.29, 1.82) is 0 Å². The zero-order valence-corrected chi connectivity index (χ0v) is 24.2. The van der Waals surface area contributed by atoms with Crippen molar-refractivity contribution in [2.24, 2.45) is 0 Å². The summed E-state index contributed by atoms with van der Waals surface area (Å²) < 4.78 is 0. The van der Waals surface area contributed by atoms with Crippen molar-refractivity contribution in [3.05, 3.63) is 79.4 Å². The average Bonchev–Trinajstić information content (AvgIpc) is 2.93. The highest BCUT2D eigenvalue weighted by atomic mass is 32.2. The summed E-state index contributed by atoms with van der Waals surface area (Å²) in [6.45, 7) is 4.45. The molecule has 0 amide bonds. The molecule has 0 bridgehead atoms. The molecule has 0 fully saturated rings. The molecule has 200 valence electrons. The van der Waals surface area contributed by atoms with E-state index < -0.39 is 0 Å². The summed E-state index contributed by atoms with van der Waals surface area (Å²) >= 11 is 3.61. The third-order valence-corrected chi connectivity index (χ3v) is 9.87. The second kappa shape index (κ2) is 12.6. The van der Waals surface area contributed by atoms with Gasteiger partial charge in [0, 0.05) is 50.5 Å². The van der Waals surface area contributed by atoms with Crippen molar-refractivity contribution >= 4 is 45.3 Å². The van der Waals surface area contributed by atoms with Crippen molar-refractivity contribution in [1.82, 2.24) is 9.97 Å². The number of aromatic amines is 2. The van der Waals surface area contributed by atoms with Gasteiger partial charge in [0.15, 0.2) is 10.9 Å². The van der Waals surface area contributed by atoms with Crippen LogP contribution in [0.25, 0.3) is 21.8 Å². The largest absolute Gasteiger partial charge is 0.358 e. The highest BCUT2D eigenvalue weighted by Gasteiger charge is 2.25. The minimum Gasteiger partial charge on any atom is -0.358 e. The zero-order chi connectivity index (χ0) is 26.5.